The first-order valence-electron chi connectivity index (χ1n) is 4.72. The second-order valence-electron chi connectivity index (χ2n) is 3.51. The van der Waals surface area contributed by atoms with Crippen LogP contribution in [0, 0.1) is 12.8 Å². The topological polar surface area (TPSA) is 22.1 Å². The zero-order valence-corrected chi connectivity index (χ0v) is 9.57. The monoisotopic (exact) mass is 199 g/mol. The van der Waals surface area contributed by atoms with E-state index in [2.05, 4.69) is 25.8 Å². The molecule has 0 atom stereocenters. The molecule has 74 valence electrons. The lowest BCUT2D eigenvalue weighted by Gasteiger charge is -2.00. The SMILES string of the molecule is CCOc1nc(CC(C)C)c(C)s1. The summed E-state index contributed by atoms with van der Waals surface area (Å²) in [5.74, 6) is 0.662. The molecular weight excluding hydrogens is 182 g/mol. The molecule has 1 rings (SSSR count). The van der Waals surface area contributed by atoms with Crippen molar-refractivity contribution in [2.24, 2.45) is 5.92 Å². The Bertz CT molecular complexity index is 268. The fourth-order valence-electron chi connectivity index (χ4n) is 1.16. The standard InChI is InChI=1S/C10H17NOS/c1-5-12-10-11-9(6-7(2)3)8(4)13-10/h7H,5-6H2,1-4H3. The lowest BCUT2D eigenvalue weighted by Crippen LogP contribution is -1.96. The zero-order valence-electron chi connectivity index (χ0n) is 8.76. The molecule has 0 spiro atoms. The number of aromatic nitrogens is 1. The summed E-state index contributed by atoms with van der Waals surface area (Å²) in [4.78, 5) is 5.72. The minimum atomic E-state index is 0.662. The first-order valence-corrected chi connectivity index (χ1v) is 5.54. The van der Waals surface area contributed by atoms with Crippen LogP contribution in [0.1, 0.15) is 31.3 Å². The average molecular weight is 199 g/mol. The fraction of sp³-hybridized carbons (Fsp3) is 0.700. The molecule has 0 amide bonds. The van der Waals surface area contributed by atoms with Crippen molar-refractivity contribution in [2.45, 2.75) is 34.1 Å². The van der Waals surface area contributed by atoms with E-state index >= 15 is 0 Å². The van der Waals surface area contributed by atoms with Crippen LogP contribution in [0.25, 0.3) is 0 Å². The maximum absolute atomic E-state index is 5.36. The minimum absolute atomic E-state index is 0.662. The van der Waals surface area contributed by atoms with Crippen LogP contribution in [0.3, 0.4) is 0 Å². The Balaban J connectivity index is 2.71. The Morgan fingerprint density at radius 1 is 1.46 bits per heavy atom. The number of aryl methyl sites for hydroxylation is 1. The van der Waals surface area contributed by atoms with Crippen molar-refractivity contribution in [3.63, 3.8) is 0 Å². The van der Waals surface area contributed by atoms with Gasteiger partial charge >= 0.3 is 0 Å². The van der Waals surface area contributed by atoms with E-state index in [1.54, 1.807) is 11.3 Å². The van der Waals surface area contributed by atoms with Crippen molar-refractivity contribution in [1.29, 1.82) is 0 Å². The highest BCUT2D eigenvalue weighted by Gasteiger charge is 2.09. The van der Waals surface area contributed by atoms with E-state index < -0.39 is 0 Å². The van der Waals surface area contributed by atoms with E-state index in [-0.39, 0.29) is 0 Å². The molecule has 0 saturated heterocycles. The van der Waals surface area contributed by atoms with Crippen LogP contribution >= 0.6 is 11.3 Å². The molecule has 0 aliphatic rings. The molecule has 0 aromatic carbocycles. The van der Waals surface area contributed by atoms with Crippen molar-refractivity contribution in [3.05, 3.63) is 10.6 Å². The predicted octanol–water partition coefficient (Wildman–Crippen LogP) is 3.05. The summed E-state index contributed by atoms with van der Waals surface area (Å²) in [5, 5.41) is 0.815. The van der Waals surface area contributed by atoms with Gasteiger partial charge in [-0.15, -0.1) is 0 Å². The average Bonchev–Trinajstić information content (AvgIpc) is 2.31. The summed E-state index contributed by atoms with van der Waals surface area (Å²) < 4.78 is 5.36. The number of ether oxygens (including phenoxy) is 1. The third-order valence-corrected chi connectivity index (χ3v) is 2.67. The second kappa shape index (κ2) is 4.61. The molecule has 1 aromatic rings. The lowest BCUT2D eigenvalue weighted by atomic mass is 10.1. The zero-order chi connectivity index (χ0) is 9.84. The maximum Gasteiger partial charge on any atom is 0.273 e. The van der Waals surface area contributed by atoms with E-state index in [0.29, 0.717) is 12.5 Å². The van der Waals surface area contributed by atoms with Gasteiger partial charge < -0.3 is 4.74 Å². The van der Waals surface area contributed by atoms with Gasteiger partial charge in [0.25, 0.3) is 5.19 Å². The summed E-state index contributed by atoms with van der Waals surface area (Å²) in [7, 11) is 0. The van der Waals surface area contributed by atoms with Gasteiger partial charge in [0.1, 0.15) is 0 Å². The number of hydrogen-bond donors (Lipinski definition) is 0. The van der Waals surface area contributed by atoms with Gasteiger partial charge in [-0.2, -0.15) is 0 Å². The Labute approximate surface area is 84.0 Å². The van der Waals surface area contributed by atoms with Crippen molar-refractivity contribution < 1.29 is 4.74 Å². The highest BCUT2D eigenvalue weighted by molar-refractivity contribution is 7.13. The van der Waals surface area contributed by atoms with Gasteiger partial charge in [0.05, 0.1) is 12.3 Å². The van der Waals surface area contributed by atoms with E-state index in [0.717, 1.165) is 11.6 Å². The van der Waals surface area contributed by atoms with Crippen LogP contribution in [-0.2, 0) is 6.42 Å². The van der Waals surface area contributed by atoms with Crippen LogP contribution < -0.4 is 4.74 Å². The Morgan fingerprint density at radius 2 is 2.15 bits per heavy atom. The number of nitrogens with zero attached hydrogens (tertiary/aromatic N) is 1. The summed E-state index contributed by atoms with van der Waals surface area (Å²) in [6.07, 6.45) is 1.05. The molecule has 0 fully saturated rings. The van der Waals surface area contributed by atoms with Crippen molar-refractivity contribution in [1.82, 2.24) is 4.98 Å². The smallest absolute Gasteiger partial charge is 0.273 e. The molecule has 3 heteroatoms. The lowest BCUT2D eigenvalue weighted by molar-refractivity contribution is 0.337. The summed E-state index contributed by atoms with van der Waals surface area (Å²) in [6.45, 7) is 9.21. The molecule has 13 heavy (non-hydrogen) atoms. The molecule has 2 nitrogen and oxygen atoms in total. The number of hydrogen-bond acceptors (Lipinski definition) is 3. The number of rotatable bonds is 4. The number of thiazole rings is 1. The maximum atomic E-state index is 5.36. The molecule has 0 unspecified atom stereocenters. The highest BCUT2D eigenvalue weighted by atomic mass is 32.1. The first kappa shape index (κ1) is 10.5. The van der Waals surface area contributed by atoms with Crippen molar-refractivity contribution in [2.75, 3.05) is 6.61 Å². The largest absolute Gasteiger partial charge is 0.470 e. The second-order valence-corrected chi connectivity index (χ2v) is 4.68. The Morgan fingerprint density at radius 3 is 2.69 bits per heavy atom. The molecule has 0 radical (unpaired) electrons. The predicted molar refractivity (Wildman–Crippen MR) is 56.6 cm³/mol. The molecule has 0 N–H and O–H groups in total. The highest BCUT2D eigenvalue weighted by Crippen LogP contribution is 2.25. The van der Waals surface area contributed by atoms with Gasteiger partial charge in [-0.25, -0.2) is 4.98 Å². The normalized spacial score (nSPS) is 10.8. The fourth-order valence-corrected chi connectivity index (χ4v) is 2.00. The van der Waals surface area contributed by atoms with Crippen LogP contribution in [0.2, 0.25) is 0 Å². The Hall–Kier alpha value is -0.570. The third-order valence-electron chi connectivity index (χ3n) is 1.74. The van der Waals surface area contributed by atoms with Crippen molar-refractivity contribution in [3.8, 4) is 5.19 Å². The summed E-state index contributed by atoms with van der Waals surface area (Å²) >= 11 is 1.65. The quantitative estimate of drug-likeness (QED) is 0.743. The molecule has 0 saturated carbocycles. The molecule has 0 aliphatic heterocycles. The summed E-state index contributed by atoms with van der Waals surface area (Å²) in [6, 6.07) is 0. The van der Waals surface area contributed by atoms with Crippen LogP contribution in [-0.4, -0.2) is 11.6 Å². The minimum Gasteiger partial charge on any atom is -0.470 e. The molecule has 0 bridgehead atoms. The van der Waals surface area contributed by atoms with E-state index in [1.807, 2.05) is 6.92 Å². The van der Waals surface area contributed by atoms with Gasteiger partial charge in [-0.3, -0.25) is 0 Å². The first-order chi connectivity index (χ1) is 6.13. The molecular formula is C10H17NOS. The van der Waals surface area contributed by atoms with Crippen molar-refractivity contribution >= 4 is 11.3 Å². The van der Waals surface area contributed by atoms with Gasteiger partial charge in [0.2, 0.25) is 0 Å². The van der Waals surface area contributed by atoms with Gasteiger partial charge in [0.15, 0.2) is 0 Å². The van der Waals surface area contributed by atoms with Gasteiger partial charge in [0, 0.05) is 4.88 Å². The van der Waals surface area contributed by atoms with Gasteiger partial charge in [-0.1, -0.05) is 25.2 Å². The molecule has 0 aliphatic carbocycles. The van der Waals surface area contributed by atoms with E-state index in [1.165, 1.54) is 10.6 Å². The third kappa shape index (κ3) is 2.99. The van der Waals surface area contributed by atoms with E-state index in [9.17, 15) is 0 Å². The Kier molecular flexibility index (Phi) is 3.72. The van der Waals surface area contributed by atoms with Gasteiger partial charge in [-0.05, 0) is 26.2 Å². The van der Waals surface area contributed by atoms with Crippen LogP contribution in [0.4, 0.5) is 0 Å². The molecule has 1 heterocycles. The van der Waals surface area contributed by atoms with E-state index in [4.69, 9.17) is 4.74 Å². The molecule has 1 aromatic heterocycles. The van der Waals surface area contributed by atoms with Crippen LogP contribution in [0.15, 0.2) is 0 Å². The van der Waals surface area contributed by atoms with Crippen LogP contribution in [0.5, 0.6) is 5.19 Å². The summed E-state index contributed by atoms with van der Waals surface area (Å²) in [5.41, 5.74) is 1.20.